The van der Waals surface area contributed by atoms with Gasteiger partial charge in [-0.1, -0.05) is 35.3 Å². The third-order valence-corrected chi connectivity index (χ3v) is 4.43. The molecule has 0 heterocycles. The zero-order valence-corrected chi connectivity index (χ0v) is 15.4. The van der Waals surface area contributed by atoms with Crippen molar-refractivity contribution in [2.45, 2.75) is 13.5 Å². The van der Waals surface area contributed by atoms with E-state index in [0.29, 0.717) is 21.3 Å². The number of aryl methyl sites for hydroxylation is 1. The molecule has 0 aromatic heterocycles. The molecule has 0 saturated carbocycles. The van der Waals surface area contributed by atoms with Gasteiger partial charge in [0.15, 0.2) is 0 Å². The lowest BCUT2D eigenvalue weighted by molar-refractivity contribution is 0.0951. The number of carbonyl (C=O) groups excluding carboxylic acids is 1. The SMILES string of the molecule is Cc1ccc(C(=O)NCc2ccc(Cl)cc2Cl)cc1NS(C)(=O)=O. The molecule has 8 heteroatoms. The van der Waals surface area contributed by atoms with E-state index in [0.717, 1.165) is 17.4 Å². The highest BCUT2D eigenvalue weighted by atomic mass is 35.5. The topological polar surface area (TPSA) is 75.3 Å². The summed E-state index contributed by atoms with van der Waals surface area (Å²) in [4.78, 5) is 12.3. The molecular formula is C16H16Cl2N2O3S. The summed E-state index contributed by atoms with van der Waals surface area (Å²) in [5.41, 5.74) is 2.17. The first-order valence-corrected chi connectivity index (χ1v) is 9.61. The van der Waals surface area contributed by atoms with Crippen molar-refractivity contribution in [2.75, 3.05) is 11.0 Å². The van der Waals surface area contributed by atoms with Crippen molar-refractivity contribution in [1.82, 2.24) is 5.32 Å². The van der Waals surface area contributed by atoms with Gasteiger partial charge in [0.25, 0.3) is 5.91 Å². The molecule has 0 bridgehead atoms. The predicted molar refractivity (Wildman–Crippen MR) is 97.3 cm³/mol. The van der Waals surface area contributed by atoms with Gasteiger partial charge in [0.1, 0.15) is 0 Å². The van der Waals surface area contributed by atoms with Crippen molar-refractivity contribution in [3.05, 3.63) is 63.1 Å². The van der Waals surface area contributed by atoms with Crippen LogP contribution in [0.4, 0.5) is 5.69 Å². The number of hydrogen-bond donors (Lipinski definition) is 2. The Kier molecular flexibility index (Phi) is 5.74. The highest BCUT2D eigenvalue weighted by Crippen LogP contribution is 2.21. The Morgan fingerprint density at radius 1 is 1.12 bits per heavy atom. The molecule has 0 aliphatic carbocycles. The summed E-state index contributed by atoms with van der Waals surface area (Å²) >= 11 is 11.9. The molecule has 1 amide bonds. The van der Waals surface area contributed by atoms with Gasteiger partial charge in [-0.05, 0) is 42.3 Å². The van der Waals surface area contributed by atoms with Crippen LogP contribution in [-0.4, -0.2) is 20.6 Å². The Bertz CT molecular complexity index is 883. The third-order valence-electron chi connectivity index (χ3n) is 3.25. The second kappa shape index (κ2) is 7.42. The molecule has 5 nitrogen and oxygen atoms in total. The van der Waals surface area contributed by atoms with Crippen LogP contribution in [0.1, 0.15) is 21.5 Å². The number of anilines is 1. The van der Waals surface area contributed by atoms with Crippen molar-refractivity contribution in [2.24, 2.45) is 0 Å². The molecule has 128 valence electrons. The maximum atomic E-state index is 12.3. The maximum absolute atomic E-state index is 12.3. The largest absolute Gasteiger partial charge is 0.348 e. The van der Waals surface area contributed by atoms with Gasteiger partial charge in [-0.2, -0.15) is 0 Å². The standard InChI is InChI=1S/C16H16Cl2N2O3S/c1-10-3-4-11(7-15(10)20-24(2,22)23)16(21)19-9-12-5-6-13(17)8-14(12)18/h3-8,20H,9H2,1-2H3,(H,19,21). The number of benzene rings is 2. The van der Waals surface area contributed by atoms with Gasteiger partial charge in [-0.15, -0.1) is 0 Å². The van der Waals surface area contributed by atoms with Gasteiger partial charge < -0.3 is 5.32 Å². The van der Waals surface area contributed by atoms with E-state index < -0.39 is 10.0 Å². The Morgan fingerprint density at radius 3 is 2.46 bits per heavy atom. The van der Waals surface area contributed by atoms with Gasteiger partial charge in [-0.3, -0.25) is 9.52 Å². The zero-order valence-electron chi connectivity index (χ0n) is 13.1. The third kappa shape index (κ3) is 5.12. The van der Waals surface area contributed by atoms with Crippen LogP contribution in [0.25, 0.3) is 0 Å². The van der Waals surface area contributed by atoms with Gasteiger partial charge in [0, 0.05) is 22.2 Å². The van der Waals surface area contributed by atoms with Crippen LogP contribution in [0.3, 0.4) is 0 Å². The van der Waals surface area contributed by atoms with E-state index in [4.69, 9.17) is 23.2 Å². The zero-order chi connectivity index (χ0) is 17.9. The van der Waals surface area contributed by atoms with Crippen LogP contribution >= 0.6 is 23.2 Å². The first-order valence-electron chi connectivity index (χ1n) is 6.96. The van der Waals surface area contributed by atoms with Crippen molar-refractivity contribution in [1.29, 1.82) is 0 Å². The number of hydrogen-bond acceptors (Lipinski definition) is 3. The molecule has 2 rings (SSSR count). The summed E-state index contributed by atoms with van der Waals surface area (Å²) in [6, 6.07) is 9.82. The highest BCUT2D eigenvalue weighted by molar-refractivity contribution is 7.92. The Balaban J connectivity index is 2.13. The summed E-state index contributed by atoms with van der Waals surface area (Å²) in [5, 5.41) is 3.72. The molecule has 0 aliphatic heterocycles. The Hall–Kier alpha value is -1.76. The van der Waals surface area contributed by atoms with Crippen molar-refractivity contribution in [3.8, 4) is 0 Å². The van der Waals surface area contributed by atoms with E-state index in [2.05, 4.69) is 10.0 Å². The first-order chi connectivity index (χ1) is 11.2. The number of amides is 1. The normalized spacial score (nSPS) is 11.2. The fraction of sp³-hybridized carbons (Fsp3) is 0.188. The van der Waals surface area contributed by atoms with Crippen LogP contribution in [0.5, 0.6) is 0 Å². The summed E-state index contributed by atoms with van der Waals surface area (Å²) in [6.45, 7) is 1.99. The first kappa shape index (κ1) is 18.6. The van der Waals surface area contributed by atoms with E-state index in [1.54, 1.807) is 37.3 Å². The van der Waals surface area contributed by atoms with E-state index in [1.807, 2.05) is 0 Å². The summed E-state index contributed by atoms with van der Waals surface area (Å²) in [6.07, 6.45) is 1.06. The Morgan fingerprint density at radius 2 is 1.83 bits per heavy atom. The van der Waals surface area contributed by atoms with E-state index in [1.165, 1.54) is 6.07 Å². The van der Waals surface area contributed by atoms with Crippen LogP contribution in [0.2, 0.25) is 10.0 Å². The summed E-state index contributed by atoms with van der Waals surface area (Å²) < 4.78 is 25.1. The molecule has 0 aliphatic rings. The molecule has 0 spiro atoms. The number of carbonyl (C=O) groups is 1. The smallest absolute Gasteiger partial charge is 0.251 e. The number of nitrogens with one attached hydrogen (secondary N) is 2. The van der Waals surface area contributed by atoms with Crippen LogP contribution in [0.15, 0.2) is 36.4 Å². The van der Waals surface area contributed by atoms with Crippen molar-refractivity contribution >= 4 is 44.8 Å². The molecule has 0 radical (unpaired) electrons. The predicted octanol–water partition coefficient (Wildman–Crippen LogP) is 3.60. The van der Waals surface area contributed by atoms with Gasteiger partial charge in [0.05, 0.1) is 11.9 Å². The van der Waals surface area contributed by atoms with E-state index in [-0.39, 0.29) is 12.5 Å². The van der Waals surface area contributed by atoms with Gasteiger partial charge >= 0.3 is 0 Å². The van der Waals surface area contributed by atoms with Crippen LogP contribution < -0.4 is 10.0 Å². The lowest BCUT2D eigenvalue weighted by Gasteiger charge is -2.11. The molecular weight excluding hydrogens is 371 g/mol. The van der Waals surface area contributed by atoms with Crippen LogP contribution in [-0.2, 0) is 16.6 Å². The monoisotopic (exact) mass is 386 g/mol. The molecule has 2 N–H and O–H groups in total. The minimum Gasteiger partial charge on any atom is -0.348 e. The van der Waals surface area contributed by atoms with E-state index in [9.17, 15) is 13.2 Å². The number of rotatable bonds is 5. The molecule has 0 atom stereocenters. The molecule has 0 saturated heterocycles. The molecule has 0 fully saturated rings. The number of sulfonamides is 1. The average molecular weight is 387 g/mol. The van der Waals surface area contributed by atoms with Crippen molar-refractivity contribution < 1.29 is 13.2 Å². The second-order valence-electron chi connectivity index (χ2n) is 5.32. The summed E-state index contributed by atoms with van der Waals surface area (Å²) in [5.74, 6) is -0.336. The lowest BCUT2D eigenvalue weighted by Crippen LogP contribution is -2.23. The lowest BCUT2D eigenvalue weighted by atomic mass is 10.1. The molecule has 24 heavy (non-hydrogen) atoms. The maximum Gasteiger partial charge on any atom is 0.251 e. The minimum atomic E-state index is -3.42. The average Bonchev–Trinajstić information content (AvgIpc) is 2.47. The van der Waals surface area contributed by atoms with Gasteiger partial charge in [0.2, 0.25) is 10.0 Å². The fourth-order valence-electron chi connectivity index (χ4n) is 2.02. The molecule has 0 unspecified atom stereocenters. The summed E-state index contributed by atoms with van der Waals surface area (Å²) in [7, 11) is -3.42. The fourth-order valence-corrected chi connectivity index (χ4v) is 3.11. The van der Waals surface area contributed by atoms with Crippen molar-refractivity contribution in [3.63, 3.8) is 0 Å². The van der Waals surface area contributed by atoms with Gasteiger partial charge in [-0.25, -0.2) is 8.42 Å². The quantitative estimate of drug-likeness (QED) is 0.823. The van der Waals surface area contributed by atoms with Crippen LogP contribution in [0, 0.1) is 6.92 Å². The minimum absolute atomic E-state index is 0.234. The Labute approximate surface area is 151 Å². The second-order valence-corrected chi connectivity index (χ2v) is 7.91. The molecule has 2 aromatic rings. The number of halogens is 2. The molecule has 2 aromatic carbocycles. The highest BCUT2D eigenvalue weighted by Gasteiger charge is 2.11. The van der Waals surface area contributed by atoms with E-state index >= 15 is 0 Å².